The summed E-state index contributed by atoms with van der Waals surface area (Å²) in [7, 11) is -3.20. The zero-order valence-corrected chi connectivity index (χ0v) is 11.0. The van der Waals surface area contributed by atoms with Gasteiger partial charge in [0.25, 0.3) is 0 Å². The molecule has 2 aliphatic rings. The van der Waals surface area contributed by atoms with Crippen LogP contribution in [0.5, 0.6) is 0 Å². The molecule has 0 spiro atoms. The maximum atomic E-state index is 12.2. The van der Waals surface area contributed by atoms with Crippen LogP contribution in [0.15, 0.2) is 0 Å². The molecule has 2 saturated heterocycles. The Kier molecular flexibility index (Phi) is 3.73. The van der Waals surface area contributed by atoms with E-state index >= 15 is 0 Å². The molecule has 0 bridgehead atoms. The number of nitrogens with one attached hydrogen (secondary N) is 1. The summed E-state index contributed by atoms with van der Waals surface area (Å²) in [4.78, 5) is 13.9. The Hall–Kier alpha value is -0.620. The van der Waals surface area contributed by atoms with E-state index in [-0.39, 0.29) is 17.7 Å². The smallest absolute Gasteiger partial charge is 0.241 e. The first-order valence-electron chi connectivity index (χ1n) is 6.24. The van der Waals surface area contributed by atoms with Crippen molar-refractivity contribution in [2.75, 3.05) is 25.4 Å². The molecule has 98 valence electrons. The highest BCUT2D eigenvalue weighted by molar-refractivity contribution is 7.92. The lowest BCUT2D eigenvalue weighted by molar-refractivity contribution is -0.132. The Balaban J connectivity index is 2.08. The first-order chi connectivity index (χ1) is 8.00. The molecule has 5 nitrogen and oxygen atoms in total. The van der Waals surface area contributed by atoms with Crippen LogP contribution in [0, 0.1) is 0 Å². The molecule has 0 aromatic rings. The minimum Gasteiger partial charge on any atom is -0.339 e. The van der Waals surface area contributed by atoms with E-state index in [0.29, 0.717) is 25.9 Å². The van der Waals surface area contributed by atoms with Crippen LogP contribution in [0.25, 0.3) is 0 Å². The number of sulfone groups is 1. The summed E-state index contributed by atoms with van der Waals surface area (Å²) < 4.78 is 23.8. The number of piperazine rings is 1. The van der Waals surface area contributed by atoms with Crippen molar-refractivity contribution in [1.29, 1.82) is 0 Å². The molecular formula is C11H20N2O3S. The van der Waals surface area contributed by atoms with E-state index < -0.39 is 15.1 Å². The minimum atomic E-state index is -3.20. The van der Waals surface area contributed by atoms with Crippen molar-refractivity contribution in [3.05, 3.63) is 0 Å². The average molecular weight is 260 g/mol. The van der Waals surface area contributed by atoms with E-state index in [0.717, 1.165) is 13.0 Å². The van der Waals surface area contributed by atoms with E-state index in [9.17, 15) is 13.2 Å². The van der Waals surface area contributed by atoms with Crippen molar-refractivity contribution in [2.45, 2.75) is 37.5 Å². The molecule has 2 atom stereocenters. The van der Waals surface area contributed by atoms with Crippen molar-refractivity contribution in [3.8, 4) is 0 Å². The summed E-state index contributed by atoms with van der Waals surface area (Å²) in [6.07, 6.45) is 2.04. The number of hydrogen-bond donors (Lipinski definition) is 1. The maximum absolute atomic E-state index is 12.2. The van der Waals surface area contributed by atoms with Crippen LogP contribution >= 0.6 is 0 Å². The van der Waals surface area contributed by atoms with E-state index in [1.165, 1.54) is 0 Å². The van der Waals surface area contributed by atoms with Crippen LogP contribution in [-0.4, -0.2) is 55.9 Å². The van der Waals surface area contributed by atoms with Crippen LogP contribution < -0.4 is 5.32 Å². The Bertz CT molecular complexity index is 394. The van der Waals surface area contributed by atoms with E-state index in [1.807, 2.05) is 6.92 Å². The number of carbonyl (C=O) groups excluding carboxylic acids is 1. The quantitative estimate of drug-likeness (QED) is 0.707. The van der Waals surface area contributed by atoms with Gasteiger partial charge in [0.2, 0.25) is 5.91 Å². The molecule has 0 aromatic carbocycles. The van der Waals surface area contributed by atoms with Gasteiger partial charge in [0.15, 0.2) is 9.84 Å². The lowest BCUT2D eigenvalue weighted by atomic mass is 10.1. The fourth-order valence-corrected chi connectivity index (χ4v) is 4.44. The van der Waals surface area contributed by atoms with Gasteiger partial charge in [0.1, 0.15) is 5.25 Å². The lowest BCUT2D eigenvalue weighted by Gasteiger charge is -2.35. The number of nitrogens with zero attached hydrogens (tertiary/aromatic N) is 1. The van der Waals surface area contributed by atoms with Crippen molar-refractivity contribution in [2.24, 2.45) is 0 Å². The maximum Gasteiger partial charge on any atom is 0.241 e. The second-order valence-electron chi connectivity index (χ2n) is 4.99. The van der Waals surface area contributed by atoms with Crippen LogP contribution in [0.3, 0.4) is 0 Å². The van der Waals surface area contributed by atoms with E-state index in [2.05, 4.69) is 5.32 Å². The summed E-state index contributed by atoms with van der Waals surface area (Å²) in [6.45, 7) is 3.99. The highest BCUT2D eigenvalue weighted by Crippen LogP contribution is 2.21. The summed E-state index contributed by atoms with van der Waals surface area (Å²) in [5, 5.41) is 2.47. The predicted octanol–water partition coefficient (Wildman–Crippen LogP) is -0.226. The van der Waals surface area contributed by atoms with Crippen LogP contribution in [0.1, 0.15) is 26.2 Å². The summed E-state index contributed by atoms with van der Waals surface area (Å²) in [5.74, 6) is -0.0107. The second kappa shape index (κ2) is 4.94. The number of carbonyl (C=O) groups is 1. The molecule has 1 amide bonds. The van der Waals surface area contributed by atoms with Crippen molar-refractivity contribution < 1.29 is 13.2 Å². The molecular weight excluding hydrogens is 240 g/mol. The molecule has 1 N–H and O–H groups in total. The minimum absolute atomic E-state index is 0.172. The van der Waals surface area contributed by atoms with Crippen LogP contribution in [0.2, 0.25) is 0 Å². The van der Waals surface area contributed by atoms with Gasteiger partial charge in [-0.25, -0.2) is 8.42 Å². The first-order valence-corrected chi connectivity index (χ1v) is 7.96. The van der Waals surface area contributed by atoms with Gasteiger partial charge in [-0.2, -0.15) is 0 Å². The van der Waals surface area contributed by atoms with Crippen molar-refractivity contribution in [3.63, 3.8) is 0 Å². The monoisotopic (exact) mass is 260 g/mol. The second-order valence-corrected chi connectivity index (χ2v) is 7.29. The van der Waals surface area contributed by atoms with Gasteiger partial charge >= 0.3 is 0 Å². The third kappa shape index (κ3) is 2.80. The Morgan fingerprint density at radius 3 is 2.76 bits per heavy atom. The van der Waals surface area contributed by atoms with Crippen molar-refractivity contribution in [1.82, 2.24) is 10.2 Å². The number of rotatable bonds is 1. The van der Waals surface area contributed by atoms with Gasteiger partial charge in [0.05, 0.1) is 5.75 Å². The zero-order valence-electron chi connectivity index (χ0n) is 10.2. The van der Waals surface area contributed by atoms with Gasteiger partial charge < -0.3 is 10.2 Å². The molecule has 0 aliphatic carbocycles. The number of amides is 1. The molecule has 2 fully saturated rings. The largest absolute Gasteiger partial charge is 0.339 e. The molecule has 6 heteroatoms. The Labute approximate surface area is 102 Å². The molecule has 2 aliphatic heterocycles. The average Bonchev–Trinajstić information content (AvgIpc) is 2.27. The molecule has 17 heavy (non-hydrogen) atoms. The topological polar surface area (TPSA) is 66.5 Å². The molecule has 0 radical (unpaired) electrons. The fraction of sp³-hybridized carbons (Fsp3) is 0.909. The number of hydrogen-bond acceptors (Lipinski definition) is 4. The highest BCUT2D eigenvalue weighted by Gasteiger charge is 2.38. The third-order valence-corrected chi connectivity index (χ3v) is 5.70. The third-order valence-electron chi connectivity index (χ3n) is 3.53. The summed E-state index contributed by atoms with van der Waals surface area (Å²) in [6, 6.07) is 0.249. The molecule has 2 heterocycles. The molecule has 2 rings (SSSR count). The van der Waals surface area contributed by atoms with E-state index in [4.69, 9.17) is 0 Å². The molecule has 0 saturated carbocycles. The Morgan fingerprint density at radius 1 is 1.35 bits per heavy atom. The summed E-state index contributed by atoms with van der Waals surface area (Å²) >= 11 is 0. The van der Waals surface area contributed by atoms with Gasteiger partial charge in [-0.3, -0.25) is 4.79 Å². The SMILES string of the molecule is C[C@H]1CN(C(=O)C2CCCCS2(=O)=O)CCN1. The summed E-state index contributed by atoms with van der Waals surface area (Å²) in [5.41, 5.74) is 0. The Morgan fingerprint density at radius 2 is 2.12 bits per heavy atom. The molecule has 1 unspecified atom stereocenters. The first kappa shape index (κ1) is 12.8. The highest BCUT2D eigenvalue weighted by atomic mass is 32.2. The van der Waals surface area contributed by atoms with Crippen LogP contribution in [0.4, 0.5) is 0 Å². The van der Waals surface area contributed by atoms with Gasteiger partial charge in [-0.05, 0) is 19.8 Å². The van der Waals surface area contributed by atoms with Crippen molar-refractivity contribution >= 4 is 15.7 Å². The predicted molar refractivity (Wildman–Crippen MR) is 65.5 cm³/mol. The van der Waals surface area contributed by atoms with Gasteiger partial charge in [-0.1, -0.05) is 6.42 Å². The van der Waals surface area contributed by atoms with E-state index in [1.54, 1.807) is 4.90 Å². The standard InChI is InChI=1S/C11H20N2O3S/c1-9-8-13(6-5-12-9)11(14)10-4-2-3-7-17(10,15)16/h9-10,12H,2-8H2,1H3/t9-,10?/m0/s1. The van der Waals surface area contributed by atoms with Gasteiger partial charge in [-0.15, -0.1) is 0 Å². The zero-order chi connectivity index (χ0) is 12.5. The fourth-order valence-electron chi connectivity index (χ4n) is 2.57. The lowest BCUT2D eigenvalue weighted by Crippen LogP contribution is -2.55. The molecule has 0 aromatic heterocycles. The van der Waals surface area contributed by atoms with Gasteiger partial charge in [0, 0.05) is 25.7 Å². The normalized spacial score (nSPS) is 33.4. The van der Waals surface area contributed by atoms with Crippen LogP contribution in [-0.2, 0) is 14.6 Å².